The van der Waals surface area contributed by atoms with Gasteiger partial charge in [-0.1, -0.05) is 49.7 Å². The van der Waals surface area contributed by atoms with E-state index in [1.165, 1.54) is 0 Å². The van der Waals surface area contributed by atoms with Gasteiger partial charge in [-0.25, -0.2) is 13.6 Å². The molecule has 0 radical (unpaired) electrons. The highest BCUT2D eigenvalue weighted by atomic mass is 32.2. The molecular formula is C25H31N3O4S. The highest BCUT2D eigenvalue weighted by molar-refractivity contribution is 7.89. The summed E-state index contributed by atoms with van der Waals surface area (Å²) >= 11 is 0. The Morgan fingerprint density at radius 2 is 1.70 bits per heavy atom. The van der Waals surface area contributed by atoms with Gasteiger partial charge in [-0.3, -0.25) is 0 Å². The standard InChI is InChI=1S/C25H31N3O4S/c1-2-3-14-27-23-17-20(19-28(15-16-29)21-10-6-4-7-11-21)18-24(33(26,30)31)25(23)32-22-12-8-5-9-13-22/h4-13,17-18,27,29H,2-3,14-16,19H2,1H3,(H2,26,30,31). The second-order valence-electron chi connectivity index (χ2n) is 7.69. The summed E-state index contributed by atoms with van der Waals surface area (Å²) in [5.74, 6) is 0.692. The van der Waals surface area contributed by atoms with Crippen LogP contribution in [0.15, 0.2) is 77.7 Å². The van der Waals surface area contributed by atoms with Crippen molar-refractivity contribution < 1.29 is 18.3 Å². The summed E-state index contributed by atoms with van der Waals surface area (Å²) in [4.78, 5) is 1.90. The van der Waals surface area contributed by atoms with Gasteiger partial charge in [0.1, 0.15) is 10.6 Å². The minimum atomic E-state index is -4.07. The number of anilines is 2. The van der Waals surface area contributed by atoms with Crippen molar-refractivity contribution in [2.45, 2.75) is 31.2 Å². The molecule has 0 amide bonds. The van der Waals surface area contributed by atoms with Gasteiger partial charge in [0.2, 0.25) is 10.0 Å². The van der Waals surface area contributed by atoms with Crippen molar-refractivity contribution in [3.05, 3.63) is 78.4 Å². The van der Waals surface area contributed by atoms with Crippen LogP contribution in [-0.2, 0) is 16.6 Å². The number of benzene rings is 3. The summed E-state index contributed by atoms with van der Waals surface area (Å²) in [5, 5.41) is 18.5. The van der Waals surface area contributed by atoms with Crippen molar-refractivity contribution in [2.75, 3.05) is 29.9 Å². The molecular weight excluding hydrogens is 438 g/mol. The Morgan fingerprint density at radius 1 is 1.03 bits per heavy atom. The Kier molecular flexibility index (Phi) is 8.71. The van der Waals surface area contributed by atoms with E-state index in [-0.39, 0.29) is 17.3 Å². The molecule has 0 atom stereocenters. The molecule has 33 heavy (non-hydrogen) atoms. The molecule has 0 heterocycles. The van der Waals surface area contributed by atoms with E-state index in [1.807, 2.05) is 59.5 Å². The Balaban J connectivity index is 2.06. The molecule has 0 saturated carbocycles. The summed E-state index contributed by atoms with van der Waals surface area (Å²) in [6.45, 7) is 3.50. The first kappa shape index (κ1) is 24.6. The van der Waals surface area contributed by atoms with Crippen LogP contribution in [0.5, 0.6) is 11.5 Å². The number of hydrogen-bond acceptors (Lipinski definition) is 6. The summed E-state index contributed by atoms with van der Waals surface area (Å²) < 4.78 is 31.2. The molecule has 0 bridgehead atoms. The van der Waals surface area contributed by atoms with Crippen LogP contribution in [0.4, 0.5) is 11.4 Å². The lowest BCUT2D eigenvalue weighted by Crippen LogP contribution is -2.26. The SMILES string of the molecule is CCCCNc1cc(CN(CCO)c2ccccc2)cc(S(N)(=O)=O)c1Oc1ccccc1. The van der Waals surface area contributed by atoms with Gasteiger partial charge in [0.25, 0.3) is 0 Å². The first-order chi connectivity index (χ1) is 15.9. The lowest BCUT2D eigenvalue weighted by molar-refractivity contribution is 0.301. The normalized spacial score (nSPS) is 11.2. The number of ether oxygens (including phenoxy) is 1. The average Bonchev–Trinajstić information content (AvgIpc) is 2.81. The predicted octanol–water partition coefficient (Wildman–Crippen LogP) is 4.34. The Labute approximate surface area is 195 Å². The van der Waals surface area contributed by atoms with Gasteiger partial charge in [0.05, 0.1) is 12.3 Å². The lowest BCUT2D eigenvalue weighted by atomic mass is 10.1. The van der Waals surface area contributed by atoms with Crippen molar-refractivity contribution in [1.29, 1.82) is 0 Å². The maximum atomic E-state index is 12.6. The van der Waals surface area contributed by atoms with E-state index in [4.69, 9.17) is 9.88 Å². The zero-order chi connectivity index (χ0) is 23.7. The number of aliphatic hydroxyl groups excluding tert-OH is 1. The van der Waals surface area contributed by atoms with E-state index < -0.39 is 10.0 Å². The number of nitrogens with one attached hydrogen (secondary N) is 1. The third-order valence-electron chi connectivity index (χ3n) is 5.09. The van der Waals surface area contributed by atoms with Crippen molar-refractivity contribution in [3.63, 3.8) is 0 Å². The van der Waals surface area contributed by atoms with Gasteiger partial charge in [-0.2, -0.15) is 0 Å². The number of rotatable bonds is 12. The fourth-order valence-electron chi connectivity index (χ4n) is 3.48. The van der Waals surface area contributed by atoms with Gasteiger partial charge in [-0.15, -0.1) is 0 Å². The lowest BCUT2D eigenvalue weighted by Gasteiger charge is -2.25. The van der Waals surface area contributed by atoms with E-state index in [0.717, 1.165) is 24.1 Å². The van der Waals surface area contributed by atoms with E-state index in [2.05, 4.69) is 12.2 Å². The molecule has 0 aromatic heterocycles. The molecule has 3 aromatic carbocycles. The van der Waals surface area contributed by atoms with E-state index >= 15 is 0 Å². The molecule has 4 N–H and O–H groups in total. The number of hydrogen-bond donors (Lipinski definition) is 3. The van der Waals surface area contributed by atoms with Crippen LogP contribution in [0.25, 0.3) is 0 Å². The minimum Gasteiger partial charge on any atom is -0.454 e. The first-order valence-electron chi connectivity index (χ1n) is 11.0. The van der Waals surface area contributed by atoms with Gasteiger partial charge < -0.3 is 20.1 Å². The van der Waals surface area contributed by atoms with Crippen LogP contribution < -0.4 is 20.1 Å². The molecule has 0 spiro atoms. The molecule has 0 aliphatic carbocycles. The number of aliphatic hydroxyl groups is 1. The fourth-order valence-corrected chi connectivity index (χ4v) is 4.21. The summed E-state index contributed by atoms with van der Waals surface area (Å²) in [5.41, 5.74) is 2.22. The molecule has 0 aliphatic rings. The zero-order valence-electron chi connectivity index (χ0n) is 18.8. The van der Waals surface area contributed by atoms with Crippen molar-refractivity contribution in [1.82, 2.24) is 0 Å². The van der Waals surface area contributed by atoms with Gasteiger partial charge >= 0.3 is 0 Å². The number of sulfonamides is 1. The zero-order valence-corrected chi connectivity index (χ0v) is 19.6. The first-order valence-corrected chi connectivity index (χ1v) is 12.5. The monoisotopic (exact) mass is 469 g/mol. The van der Waals surface area contributed by atoms with Gasteiger partial charge in [0, 0.05) is 25.3 Å². The predicted molar refractivity (Wildman–Crippen MR) is 132 cm³/mol. The third-order valence-corrected chi connectivity index (χ3v) is 6.01. The summed E-state index contributed by atoms with van der Waals surface area (Å²) in [6.07, 6.45) is 1.91. The molecule has 0 saturated heterocycles. The van der Waals surface area contributed by atoms with Crippen LogP contribution in [0.1, 0.15) is 25.3 Å². The largest absolute Gasteiger partial charge is 0.454 e. The number of nitrogens with zero attached hydrogens (tertiary/aromatic N) is 1. The van der Waals surface area contributed by atoms with E-state index in [0.29, 0.717) is 31.1 Å². The Hall–Kier alpha value is -3.07. The molecule has 7 nitrogen and oxygen atoms in total. The molecule has 3 rings (SSSR count). The third kappa shape index (κ3) is 6.95. The fraction of sp³-hybridized carbons (Fsp3) is 0.280. The molecule has 176 valence electrons. The van der Waals surface area contributed by atoms with E-state index in [1.54, 1.807) is 18.2 Å². The minimum absolute atomic E-state index is 0.0340. The molecule has 3 aromatic rings. The van der Waals surface area contributed by atoms with Crippen LogP contribution in [-0.4, -0.2) is 33.2 Å². The average molecular weight is 470 g/mol. The number of unbranched alkanes of at least 4 members (excludes halogenated alkanes) is 1. The van der Waals surface area contributed by atoms with E-state index in [9.17, 15) is 13.5 Å². The van der Waals surface area contributed by atoms with Crippen LogP contribution in [0.2, 0.25) is 0 Å². The highest BCUT2D eigenvalue weighted by Gasteiger charge is 2.22. The topological polar surface area (TPSA) is 105 Å². The number of primary sulfonamides is 1. The van der Waals surface area contributed by atoms with Crippen molar-refractivity contribution in [3.8, 4) is 11.5 Å². The van der Waals surface area contributed by atoms with Crippen LogP contribution >= 0.6 is 0 Å². The van der Waals surface area contributed by atoms with Gasteiger partial charge in [0.15, 0.2) is 5.75 Å². The Morgan fingerprint density at radius 3 is 2.30 bits per heavy atom. The number of para-hydroxylation sites is 2. The summed E-state index contributed by atoms with van der Waals surface area (Å²) in [7, 11) is -4.07. The quantitative estimate of drug-likeness (QED) is 0.341. The summed E-state index contributed by atoms with van der Waals surface area (Å²) in [6, 6.07) is 22.1. The maximum absolute atomic E-state index is 12.6. The smallest absolute Gasteiger partial charge is 0.241 e. The van der Waals surface area contributed by atoms with Crippen molar-refractivity contribution >= 4 is 21.4 Å². The highest BCUT2D eigenvalue weighted by Crippen LogP contribution is 2.37. The second-order valence-corrected chi connectivity index (χ2v) is 9.22. The van der Waals surface area contributed by atoms with Gasteiger partial charge in [-0.05, 0) is 48.4 Å². The van der Waals surface area contributed by atoms with Crippen LogP contribution in [0.3, 0.4) is 0 Å². The molecule has 8 heteroatoms. The number of nitrogens with two attached hydrogens (primary N) is 1. The van der Waals surface area contributed by atoms with Crippen LogP contribution in [0, 0.1) is 0 Å². The van der Waals surface area contributed by atoms with Crippen molar-refractivity contribution in [2.24, 2.45) is 5.14 Å². The Bertz CT molecular complexity index is 1120. The molecule has 0 aliphatic heterocycles. The second kappa shape index (κ2) is 11.7. The molecule has 0 unspecified atom stereocenters. The molecule has 0 fully saturated rings. The maximum Gasteiger partial charge on any atom is 0.241 e.